The Kier molecular flexibility index (Phi) is 3.02. The average Bonchev–Trinajstić information content (AvgIpc) is 3.03. The SMILES string of the molecule is O=C(c1nnn(-c2ccc(F)cc2)c1C1CC1)N1C[C@H]2CC[C@H]1C2. The zero-order chi connectivity index (χ0) is 16.3. The molecule has 0 N–H and O–H groups in total. The van der Waals surface area contributed by atoms with Crippen LogP contribution < -0.4 is 0 Å². The van der Waals surface area contributed by atoms with E-state index >= 15 is 0 Å². The Morgan fingerprint density at radius 1 is 1.12 bits per heavy atom. The van der Waals surface area contributed by atoms with E-state index in [0.29, 0.717) is 23.6 Å². The number of hydrogen-bond acceptors (Lipinski definition) is 3. The molecule has 24 heavy (non-hydrogen) atoms. The van der Waals surface area contributed by atoms with Gasteiger partial charge >= 0.3 is 0 Å². The van der Waals surface area contributed by atoms with Crippen LogP contribution in [0.4, 0.5) is 4.39 Å². The second-order valence-electron chi connectivity index (χ2n) is 7.28. The Morgan fingerprint density at radius 2 is 1.92 bits per heavy atom. The van der Waals surface area contributed by atoms with Gasteiger partial charge in [-0.3, -0.25) is 4.79 Å². The highest BCUT2D eigenvalue weighted by Crippen LogP contribution is 2.43. The quantitative estimate of drug-likeness (QED) is 0.871. The van der Waals surface area contributed by atoms with Crippen LogP contribution in [0.3, 0.4) is 0 Å². The van der Waals surface area contributed by atoms with Gasteiger partial charge in [0.1, 0.15) is 5.82 Å². The zero-order valence-corrected chi connectivity index (χ0v) is 13.4. The molecule has 1 aromatic heterocycles. The molecular formula is C18H19FN4O. The van der Waals surface area contributed by atoms with Crippen LogP contribution in [0.25, 0.3) is 5.69 Å². The number of hydrogen-bond donors (Lipinski definition) is 0. The molecule has 1 aliphatic heterocycles. The van der Waals surface area contributed by atoms with Gasteiger partial charge in [0, 0.05) is 18.5 Å². The number of benzene rings is 1. The first-order chi connectivity index (χ1) is 11.7. The first kappa shape index (κ1) is 14.1. The van der Waals surface area contributed by atoms with Crippen LogP contribution in [0, 0.1) is 11.7 Å². The van der Waals surface area contributed by atoms with E-state index in [1.54, 1.807) is 16.8 Å². The second kappa shape index (κ2) is 5.13. The van der Waals surface area contributed by atoms with Crippen molar-refractivity contribution in [3.05, 3.63) is 41.5 Å². The number of halogens is 1. The first-order valence-corrected chi connectivity index (χ1v) is 8.73. The van der Waals surface area contributed by atoms with Gasteiger partial charge in [0.15, 0.2) is 5.69 Å². The average molecular weight is 326 g/mol. The number of rotatable bonds is 3. The van der Waals surface area contributed by atoms with Gasteiger partial charge in [-0.2, -0.15) is 0 Å². The molecule has 2 saturated carbocycles. The minimum absolute atomic E-state index is 0.0254. The lowest BCUT2D eigenvalue weighted by Crippen LogP contribution is -2.38. The van der Waals surface area contributed by atoms with Crippen LogP contribution in [0.1, 0.15) is 54.2 Å². The molecule has 2 bridgehead atoms. The third-order valence-electron chi connectivity index (χ3n) is 5.61. The largest absolute Gasteiger partial charge is 0.334 e. The third-order valence-corrected chi connectivity index (χ3v) is 5.61. The van der Waals surface area contributed by atoms with Gasteiger partial charge in [-0.1, -0.05) is 5.21 Å². The van der Waals surface area contributed by atoms with Gasteiger partial charge < -0.3 is 4.90 Å². The van der Waals surface area contributed by atoms with E-state index in [9.17, 15) is 9.18 Å². The van der Waals surface area contributed by atoms with Crippen molar-refractivity contribution in [1.82, 2.24) is 19.9 Å². The summed E-state index contributed by atoms with van der Waals surface area (Å²) in [6.07, 6.45) is 5.60. The summed E-state index contributed by atoms with van der Waals surface area (Å²) in [5.41, 5.74) is 2.15. The van der Waals surface area contributed by atoms with Crippen molar-refractivity contribution < 1.29 is 9.18 Å². The maximum Gasteiger partial charge on any atom is 0.276 e. The summed E-state index contributed by atoms with van der Waals surface area (Å²) < 4.78 is 14.9. The van der Waals surface area contributed by atoms with Gasteiger partial charge in [0.2, 0.25) is 0 Å². The van der Waals surface area contributed by atoms with Crippen LogP contribution in [0.15, 0.2) is 24.3 Å². The van der Waals surface area contributed by atoms with E-state index in [1.807, 2.05) is 4.90 Å². The summed E-state index contributed by atoms with van der Waals surface area (Å²) in [6, 6.07) is 6.57. The van der Waals surface area contributed by atoms with E-state index < -0.39 is 0 Å². The van der Waals surface area contributed by atoms with E-state index in [1.165, 1.54) is 18.6 Å². The lowest BCUT2D eigenvalue weighted by Gasteiger charge is -2.26. The van der Waals surface area contributed by atoms with E-state index in [2.05, 4.69) is 10.3 Å². The molecule has 0 spiro atoms. The number of piperidine rings is 1. The molecule has 1 aromatic carbocycles. The molecule has 124 valence electrons. The van der Waals surface area contributed by atoms with E-state index in [0.717, 1.165) is 43.6 Å². The number of fused-ring (bicyclic) bond motifs is 2. The van der Waals surface area contributed by atoms with Crippen molar-refractivity contribution in [1.29, 1.82) is 0 Å². The highest BCUT2D eigenvalue weighted by atomic mass is 19.1. The minimum Gasteiger partial charge on any atom is -0.334 e. The topological polar surface area (TPSA) is 51.0 Å². The molecule has 2 atom stereocenters. The van der Waals surface area contributed by atoms with Crippen LogP contribution in [0.5, 0.6) is 0 Å². The molecule has 5 rings (SSSR count). The Morgan fingerprint density at radius 3 is 2.54 bits per heavy atom. The van der Waals surface area contributed by atoms with Crippen molar-refractivity contribution in [2.24, 2.45) is 5.92 Å². The Balaban J connectivity index is 1.52. The van der Waals surface area contributed by atoms with Gasteiger partial charge in [-0.25, -0.2) is 9.07 Å². The summed E-state index contributed by atoms with van der Waals surface area (Å²) in [4.78, 5) is 15.0. The summed E-state index contributed by atoms with van der Waals surface area (Å²) >= 11 is 0. The molecule has 5 nitrogen and oxygen atoms in total. The first-order valence-electron chi connectivity index (χ1n) is 8.73. The molecule has 2 aliphatic carbocycles. The maximum absolute atomic E-state index is 13.2. The zero-order valence-electron chi connectivity index (χ0n) is 13.4. The number of carbonyl (C=O) groups excluding carboxylic acids is 1. The number of carbonyl (C=O) groups is 1. The molecule has 0 radical (unpaired) electrons. The van der Waals surface area contributed by atoms with Crippen molar-refractivity contribution in [3.63, 3.8) is 0 Å². The van der Waals surface area contributed by atoms with Crippen LogP contribution in [-0.4, -0.2) is 38.4 Å². The number of nitrogens with zero attached hydrogens (tertiary/aromatic N) is 4. The smallest absolute Gasteiger partial charge is 0.276 e. The number of amides is 1. The normalized spacial score (nSPS) is 25.5. The van der Waals surface area contributed by atoms with Gasteiger partial charge in [-0.15, -0.1) is 5.10 Å². The monoisotopic (exact) mass is 326 g/mol. The van der Waals surface area contributed by atoms with E-state index in [-0.39, 0.29) is 11.7 Å². The fourth-order valence-corrected chi connectivity index (χ4v) is 4.25. The fraction of sp³-hybridized carbons (Fsp3) is 0.500. The summed E-state index contributed by atoms with van der Waals surface area (Å²) in [5, 5.41) is 8.46. The van der Waals surface area contributed by atoms with Crippen LogP contribution in [0.2, 0.25) is 0 Å². The van der Waals surface area contributed by atoms with Crippen molar-refractivity contribution in [2.75, 3.05) is 6.54 Å². The molecular weight excluding hydrogens is 307 g/mol. The fourth-order valence-electron chi connectivity index (χ4n) is 4.25. The Bertz CT molecular complexity index is 796. The van der Waals surface area contributed by atoms with Crippen LogP contribution in [-0.2, 0) is 0 Å². The van der Waals surface area contributed by atoms with Crippen molar-refractivity contribution in [3.8, 4) is 5.69 Å². The van der Waals surface area contributed by atoms with Gasteiger partial charge in [0.25, 0.3) is 5.91 Å². The third kappa shape index (κ3) is 2.16. The molecule has 3 fully saturated rings. The molecule has 6 heteroatoms. The second-order valence-corrected chi connectivity index (χ2v) is 7.28. The maximum atomic E-state index is 13.2. The predicted octanol–water partition coefficient (Wildman–Crippen LogP) is 2.91. The number of aromatic nitrogens is 3. The van der Waals surface area contributed by atoms with Crippen molar-refractivity contribution >= 4 is 5.91 Å². The summed E-state index contributed by atoms with van der Waals surface area (Å²) in [5.74, 6) is 0.743. The highest BCUT2D eigenvalue weighted by Gasteiger charge is 2.43. The Hall–Kier alpha value is -2.24. The molecule has 1 amide bonds. The molecule has 3 aliphatic rings. The van der Waals surface area contributed by atoms with Gasteiger partial charge in [0.05, 0.1) is 11.4 Å². The predicted molar refractivity (Wildman–Crippen MR) is 85.5 cm³/mol. The van der Waals surface area contributed by atoms with Crippen molar-refractivity contribution in [2.45, 2.75) is 44.1 Å². The molecule has 1 saturated heterocycles. The van der Waals surface area contributed by atoms with Crippen LogP contribution >= 0.6 is 0 Å². The lowest BCUT2D eigenvalue weighted by atomic mass is 10.1. The summed E-state index contributed by atoms with van der Waals surface area (Å²) in [7, 11) is 0. The minimum atomic E-state index is -0.281. The number of likely N-dealkylation sites (tertiary alicyclic amines) is 1. The summed E-state index contributed by atoms with van der Waals surface area (Å²) in [6.45, 7) is 0.858. The lowest BCUT2D eigenvalue weighted by molar-refractivity contribution is 0.0696. The molecule has 0 unspecified atom stereocenters. The highest BCUT2D eigenvalue weighted by molar-refractivity contribution is 5.94. The van der Waals surface area contributed by atoms with Gasteiger partial charge in [-0.05, 0) is 62.3 Å². The molecule has 2 aromatic rings. The Labute approximate surface area is 139 Å². The standard InChI is InChI=1S/C18H19FN4O/c19-13-4-7-14(8-5-13)23-17(12-2-3-12)16(20-21-23)18(24)22-10-11-1-6-15(22)9-11/h4-5,7-8,11-12,15H,1-3,6,9-10H2/t11-,15-/m0/s1. The molecule has 2 heterocycles. The van der Waals surface area contributed by atoms with E-state index in [4.69, 9.17) is 0 Å².